The van der Waals surface area contributed by atoms with Crippen LogP contribution in [0.15, 0.2) is 29.6 Å². The number of methoxy groups -OCH3 is 1. The van der Waals surface area contributed by atoms with Gasteiger partial charge >= 0.3 is 0 Å². The number of rotatable bonds is 7. The zero-order valence-corrected chi connectivity index (χ0v) is 17.7. The predicted molar refractivity (Wildman–Crippen MR) is 107 cm³/mol. The molecule has 0 radical (unpaired) electrons. The molecule has 0 aliphatic carbocycles. The van der Waals surface area contributed by atoms with Crippen LogP contribution in [-0.4, -0.2) is 61.3 Å². The van der Waals surface area contributed by atoms with Crippen molar-refractivity contribution in [3.05, 3.63) is 46.8 Å². The fraction of sp³-hybridized carbons (Fsp3) is 0.526. The average molecular weight is 425 g/mol. The van der Waals surface area contributed by atoms with E-state index in [0.717, 1.165) is 43.9 Å². The summed E-state index contributed by atoms with van der Waals surface area (Å²) in [6.45, 7) is 3.01. The highest BCUT2D eigenvalue weighted by molar-refractivity contribution is 7.90. The lowest BCUT2D eigenvalue weighted by atomic mass is 9.94. The molecule has 0 saturated carbocycles. The van der Waals surface area contributed by atoms with Crippen molar-refractivity contribution in [2.75, 3.05) is 33.1 Å². The largest absolute Gasteiger partial charge is 0.384 e. The Kier molecular flexibility index (Phi) is 6.98. The number of piperidine rings is 1. The lowest BCUT2D eigenvalue weighted by molar-refractivity contribution is 0.196. The topological polar surface area (TPSA) is 85.3 Å². The Morgan fingerprint density at radius 2 is 2.00 bits per heavy atom. The maximum Gasteiger partial charge on any atom is 0.177 e. The SMILES string of the molecule is COCCc1ncc(CN2CCCC(c3ncc(Cl)cc3S(C)(=O)=O)C2)cn1. The molecule has 3 rings (SSSR count). The van der Waals surface area contributed by atoms with E-state index in [0.29, 0.717) is 23.7 Å². The van der Waals surface area contributed by atoms with E-state index < -0.39 is 9.84 Å². The molecule has 28 heavy (non-hydrogen) atoms. The summed E-state index contributed by atoms with van der Waals surface area (Å²) in [6, 6.07) is 1.50. The second-order valence-electron chi connectivity index (χ2n) is 7.13. The third kappa shape index (κ3) is 5.47. The number of aromatic nitrogens is 3. The van der Waals surface area contributed by atoms with Gasteiger partial charge in [0, 0.05) is 62.9 Å². The Bertz CT molecular complexity index is 906. The summed E-state index contributed by atoms with van der Waals surface area (Å²) in [5.41, 5.74) is 1.65. The van der Waals surface area contributed by atoms with Crippen LogP contribution in [0.4, 0.5) is 0 Å². The van der Waals surface area contributed by atoms with Crippen molar-refractivity contribution in [1.82, 2.24) is 19.9 Å². The lowest BCUT2D eigenvalue weighted by Crippen LogP contribution is -2.34. The number of hydrogen-bond donors (Lipinski definition) is 0. The predicted octanol–water partition coefficient (Wildman–Crippen LogP) is 2.50. The van der Waals surface area contributed by atoms with Crippen molar-refractivity contribution in [2.24, 2.45) is 0 Å². The Labute approximate surface area is 171 Å². The highest BCUT2D eigenvalue weighted by atomic mass is 35.5. The molecule has 1 aliphatic rings. The van der Waals surface area contributed by atoms with Crippen molar-refractivity contribution in [3.63, 3.8) is 0 Å². The molecule has 1 saturated heterocycles. The van der Waals surface area contributed by atoms with Crippen LogP contribution in [-0.2, 0) is 27.5 Å². The van der Waals surface area contributed by atoms with Crippen LogP contribution in [0.1, 0.15) is 35.8 Å². The average Bonchev–Trinajstić information content (AvgIpc) is 2.67. The third-order valence-electron chi connectivity index (χ3n) is 4.83. The summed E-state index contributed by atoms with van der Waals surface area (Å²) >= 11 is 5.98. The first kappa shape index (κ1) is 21.1. The molecule has 3 heterocycles. The molecule has 9 heteroatoms. The molecular weight excluding hydrogens is 400 g/mol. The van der Waals surface area contributed by atoms with Crippen molar-refractivity contribution < 1.29 is 13.2 Å². The summed E-state index contributed by atoms with van der Waals surface area (Å²) in [7, 11) is -1.73. The van der Waals surface area contributed by atoms with E-state index in [1.807, 2.05) is 12.4 Å². The maximum absolute atomic E-state index is 12.2. The summed E-state index contributed by atoms with van der Waals surface area (Å²) in [4.78, 5) is 15.7. The van der Waals surface area contributed by atoms with Crippen LogP contribution in [0, 0.1) is 0 Å². The minimum atomic E-state index is -3.39. The lowest BCUT2D eigenvalue weighted by Gasteiger charge is -2.33. The molecule has 152 valence electrons. The number of hydrogen-bond acceptors (Lipinski definition) is 7. The molecule has 0 aromatic carbocycles. The van der Waals surface area contributed by atoms with Crippen molar-refractivity contribution in [1.29, 1.82) is 0 Å². The molecule has 0 N–H and O–H groups in total. The minimum absolute atomic E-state index is 0.0534. The fourth-order valence-corrected chi connectivity index (χ4v) is 4.66. The quantitative estimate of drug-likeness (QED) is 0.674. The molecule has 1 aliphatic heterocycles. The van der Waals surface area contributed by atoms with Crippen LogP contribution in [0.3, 0.4) is 0 Å². The van der Waals surface area contributed by atoms with E-state index in [2.05, 4.69) is 19.9 Å². The Morgan fingerprint density at radius 3 is 2.68 bits per heavy atom. The zero-order chi connectivity index (χ0) is 20.1. The molecule has 0 bridgehead atoms. The van der Waals surface area contributed by atoms with Gasteiger partial charge in [0.2, 0.25) is 0 Å². The Morgan fingerprint density at radius 1 is 1.25 bits per heavy atom. The molecule has 0 spiro atoms. The number of nitrogens with zero attached hydrogens (tertiary/aromatic N) is 4. The van der Waals surface area contributed by atoms with Gasteiger partial charge in [-0.3, -0.25) is 9.88 Å². The summed E-state index contributed by atoms with van der Waals surface area (Å²) in [5.74, 6) is 0.822. The number of halogens is 1. The second-order valence-corrected chi connectivity index (χ2v) is 9.55. The minimum Gasteiger partial charge on any atom is -0.384 e. The number of pyridine rings is 1. The van der Waals surface area contributed by atoms with Gasteiger partial charge in [0.05, 0.1) is 22.2 Å². The normalized spacial score (nSPS) is 18.3. The smallest absolute Gasteiger partial charge is 0.177 e. The molecule has 1 unspecified atom stereocenters. The fourth-order valence-electron chi connectivity index (χ4n) is 3.50. The van der Waals surface area contributed by atoms with Gasteiger partial charge in [-0.15, -0.1) is 0 Å². The van der Waals surface area contributed by atoms with Crippen LogP contribution in [0.25, 0.3) is 0 Å². The molecule has 1 atom stereocenters. The molecule has 2 aromatic heterocycles. The van der Waals surface area contributed by atoms with Gasteiger partial charge in [0.25, 0.3) is 0 Å². The second kappa shape index (κ2) is 9.26. The van der Waals surface area contributed by atoms with Gasteiger partial charge < -0.3 is 4.74 Å². The van der Waals surface area contributed by atoms with Gasteiger partial charge in [0.1, 0.15) is 5.82 Å². The Hall–Kier alpha value is -1.61. The van der Waals surface area contributed by atoms with E-state index in [9.17, 15) is 8.42 Å². The monoisotopic (exact) mass is 424 g/mol. The van der Waals surface area contributed by atoms with Crippen molar-refractivity contribution >= 4 is 21.4 Å². The molecule has 2 aromatic rings. The zero-order valence-electron chi connectivity index (χ0n) is 16.1. The van der Waals surface area contributed by atoms with E-state index in [-0.39, 0.29) is 10.8 Å². The van der Waals surface area contributed by atoms with Gasteiger partial charge in [-0.25, -0.2) is 18.4 Å². The standard InChI is InChI=1S/C19H25ClN4O3S/c1-27-7-5-18-21-9-14(10-22-18)12-24-6-3-4-15(13-24)19-17(28(2,25)26)8-16(20)11-23-19/h8-11,15H,3-7,12-13H2,1-2H3. The molecule has 0 amide bonds. The summed E-state index contributed by atoms with van der Waals surface area (Å²) < 4.78 is 29.4. The maximum atomic E-state index is 12.2. The van der Waals surface area contributed by atoms with Crippen LogP contribution >= 0.6 is 11.6 Å². The van der Waals surface area contributed by atoms with E-state index in [1.165, 1.54) is 18.5 Å². The first-order valence-corrected chi connectivity index (χ1v) is 11.5. The van der Waals surface area contributed by atoms with E-state index in [4.69, 9.17) is 16.3 Å². The number of likely N-dealkylation sites (tertiary alicyclic amines) is 1. The van der Waals surface area contributed by atoms with Crippen LogP contribution in [0.2, 0.25) is 5.02 Å². The van der Waals surface area contributed by atoms with Crippen LogP contribution in [0.5, 0.6) is 0 Å². The number of ether oxygens (including phenoxy) is 1. The summed E-state index contributed by atoms with van der Waals surface area (Å²) in [6.07, 6.45) is 9.00. The number of sulfone groups is 1. The highest BCUT2D eigenvalue weighted by Gasteiger charge is 2.27. The van der Waals surface area contributed by atoms with Crippen molar-refractivity contribution in [3.8, 4) is 0 Å². The van der Waals surface area contributed by atoms with Gasteiger partial charge in [-0.2, -0.15) is 0 Å². The molecule has 7 nitrogen and oxygen atoms in total. The Balaban J connectivity index is 1.71. The molecular formula is C19H25ClN4O3S. The first-order chi connectivity index (χ1) is 13.4. The molecule has 1 fully saturated rings. The van der Waals surface area contributed by atoms with Gasteiger partial charge in [-0.1, -0.05) is 11.6 Å². The highest BCUT2D eigenvalue weighted by Crippen LogP contribution is 2.31. The van der Waals surface area contributed by atoms with Crippen molar-refractivity contribution in [2.45, 2.75) is 36.6 Å². The first-order valence-electron chi connectivity index (χ1n) is 9.23. The van der Waals surface area contributed by atoms with Gasteiger partial charge in [0.15, 0.2) is 9.84 Å². The van der Waals surface area contributed by atoms with Crippen LogP contribution < -0.4 is 0 Å². The summed E-state index contributed by atoms with van der Waals surface area (Å²) in [5, 5.41) is 0.336. The third-order valence-corrected chi connectivity index (χ3v) is 6.17. The van der Waals surface area contributed by atoms with E-state index >= 15 is 0 Å². The van der Waals surface area contributed by atoms with E-state index in [1.54, 1.807) is 7.11 Å². The van der Waals surface area contributed by atoms with Gasteiger partial charge in [-0.05, 0) is 25.5 Å².